The Morgan fingerprint density at radius 3 is 2.49 bits per heavy atom. The lowest BCUT2D eigenvalue weighted by Gasteiger charge is -2.31. The maximum atomic E-state index is 12.9. The molecule has 1 N–H and O–H groups in total. The van der Waals surface area contributed by atoms with Crippen LogP contribution in [0.15, 0.2) is 47.6 Å². The van der Waals surface area contributed by atoms with Crippen LogP contribution in [0.25, 0.3) is 6.08 Å². The van der Waals surface area contributed by atoms with Gasteiger partial charge in [0, 0.05) is 48.8 Å². The second-order valence-electron chi connectivity index (χ2n) is 8.06. The van der Waals surface area contributed by atoms with Gasteiger partial charge < -0.3 is 15.0 Å². The van der Waals surface area contributed by atoms with E-state index >= 15 is 0 Å². The number of hydrogen-bond acceptors (Lipinski definition) is 6. The highest BCUT2D eigenvalue weighted by atomic mass is 35.5. The van der Waals surface area contributed by atoms with Crippen LogP contribution in [0.2, 0.25) is 10.0 Å². The number of rotatable bonds is 8. The molecule has 3 rings (SSSR count). The van der Waals surface area contributed by atoms with Gasteiger partial charge in [-0.15, -0.1) is 11.8 Å². The van der Waals surface area contributed by atoms with Crippen molar-refractivity contribution in [3.05, 3.63) is 63.9 Å². The Morgan fingerprint density at radius 2 is 1.86 bits per heavy atom. The molecule has 0 radical (unpaired) electrons. The molecule has 0 bridgehead atoms. The van der Waals surface area contributed by atoms with E-state index in [1.165, 1.54) is 24.9 Å². The third-order valence-electron chi connectivity index (χ3n) is 5.87. The van der Waals surface area contributed by atoms with Gasteiger partial charge in [0.05, 0.1) is 17.2 Å². The van der Waals surface area contributed by atoms with Crippen molar-refractivity contribution in [1.82, 2.24) is 15.2 Å². The Hall–Kier alpha value is -2.55. The highest BCUT2D eigenvalue weighted by molar-refractivity contribution is 7.98. The van der Waals surface area contributed by atoms with Gasteiger partial charge in [0.15, 0.2) is 0 Å². The van der Waals surface area contributed by atoms with Gasteiger partial charge in [0.2, 0.25) is 11.8 Å². The number of hydrogen-bond donors (Lipinski definition) is 1. The molecule has 1 aliphatic heterocycles. The number of esters is 1. The Balaban J connectivity index is 1.55. The summed E-state index contributed by atoms with van der Waals surface area (Å²) in [6.07, 6.45) is 9.62. The van der Waals surface area contributed by atoms with Crippen molar-refractivity contribution in [2.75, 3.05) is 26.5 Å². The van der Waals surface area contributed by atoms with Crippen LogP contribution in [0.3, 0.4) is 0 Å². The number of pyridine rings is 1. The van der Waals surface area contributed by atoms with Crippen LogP contribution < -0.4 is 5.32 Å². The van der Waals surface area contributed by atoms with Crippen LogP contribution >= 0.6 is 35.0 Å². The standard InChI is InChI=1S/C25H27Cl2N3O4S/c1-34-25(33)19(15-16-7-11-28-12-8-16)29-24(32)18-9-13-30(14-10-18)21(31)6-4-17-3-5-20(35-2)23(27)22(17)26/h3-8,11-12,18-19H,9-10,13-15H2,1-2H3,(H,29,32). The third-order valence-corrected chi connectivity index (χ3v) is 7.66. The van der Waals surface area contributed by atoms with Crippen molar-refractivity contribution in [1.29, 1.82) is 0 Å². The van der Waals surface area contributed by atoms with Crippen molar-refractivity contribution < 1.29 is 19.1 Å². The number of benzene rings is 1. The van der Waals surface area contributed by atoms with E-state index in [-0.39, 0.29) is 17.7 Å². The number of nitrogens with one attached hydrogen (secondary N) is 1. The number of thioether (sulfide) groups is 1. The molecule has 0 spiro atoms. The zero-order valence-electron chi connectivity index (χ0n) is 19.5. The molecule has 1 aromatic heterocycles. The van der Waals surface area contributed by atoms with E-state index in [1.807, 2.05) is 18.4 Å². The summed E-state index contributed by atoms with van der Waals surface area (Å²) in [6, 6.07) is 6.48. The fourth-order valence-corrected chi connectivity index (χ4v) is 5.01. The molecular formula is C25H27Cl2N3O4S. The second-order valence-corrected chi connectivity index (χ2v) is 9.67. The van der Waals surface area contributed by atoms with Crippen molar-refractivity contribution >= 4 is 58.8 Å². The van der Waals surface area contributed by atoms with Crippen molar-refractivity contribution in [2.24, 2.45) is 5.92 Å². The zero-order chi connectivity index (χ0) is 25.4. The van der Waals surface area contributed by atoms with Crippen LogP contribution in [0.5, 0.6) is 0 Å². The second kappa shape index (κ2) is 13.0. The predicted octanol–water partition coefficient (Wildman–Crippen LogP) is 4.26. The SMILES string of the molecule is COC(=O)C(Cc1ccncc1)NC(=O)C1CCN(C(=O)C=Cc2ccc(SC)c(Cl)c2Cl)CC1. The molecule has 2 heterocycles. The molecule has 1 aromatic carbocycles. The minimum Gasteiger partial charge on any atom is -0.467 e. The number of carbonyl (C=O) groups is 3. The summed E-state index contributed by atoms with van der Waals surface area (Å²) in [5.41, 5.74) is 1.53. The molecule has 10 heteroatoms. The molecule has 35 heavy (non-hydrogen) atoms. The van der Waals surface area contributed by atoms with E-state index in [4.69, 9.17) is 27.9 Å². The number of amides is 2. The highest BCUT2D eigenvalue weighted by Crippen LogP contribution is 2.35. The molecule has 1 atom stereocenters. The van der Waals surface area contributed by atoms with E-state index in [9.17, 15) is 14.4 Å². The summed E-state index contributed by atoms with van der Waals surface area (Å²) in [5, 5.41) is 3.69. The molecule has 1 aliphatic rings. The minimum atomic E-state index is -0.786. The Labute approximate surface area is 219 Å². The predicted molar refractivity (Wildman–Crippen MR) is 138 cm³/mol. The quantitative estimate of drug-likeness (QED) is 0.308. The van der Waals surface area contributed by atoms with Gasteiger partial charge in [-0.25, -0.2) is 4.79 Å². The zero-order valence-corrected chi connectivity index (χ0v) is 21.8. The topological polar surface area (TPSA) is 88.6 Å². The monoisotopic (exact) mass is 535 g/mol. The summed E-state index contributed by atoms with van der Waals surface area (Å²) in [6.45, 7) is 0.878. The van der Waals surface area contributed by atoms with Gasteiger partial charge in [0.1, 0.15) is 6.04 Å². The molecule has 2 amide bonds. The first-order chi connectivity index (χ1) is 16.8. The summed E-state index contributed by atoms with van der Waals surface area (Å²) < 4.78 is 4.86. The fraction of sp³-hybridized carbons (Fsp3) is 0.360. The Kier molecular flexibility index (Phi) is 10.0. The number of nitrogens with zero attached hydrogens (tertiary/aromatic N) is 2. The number of carbonyl (C=O) groups excluding carboxylic acids is 3. The normalized spacial score (nSPS) is 15.1. The lowest BCUT2D eigenvalue weighted by atomic mass is 9.95. The lowest BCUT2D eigenvalue weighted by Crippen LogP contribution is -2.48. The van der Waals surface area contributed by atoms with Crippen LogP contribution in [-0.2, 0) is 25.5 Å². The van der Waals surface area contributed by atoms with Crippen LogP contribution in [0, 0.1) is 5.92 Å². The van der Waals surface area contributed by atoms with Crippen molar-refractivity contribution in [3.63, 3.8) is 0 Å². The Bertz CT molecular complexity index is 1090. The smallest absolute Gasteiger partial charge is 0.328 e. The van der Waals surface area contributed by atoms with Gasteiger partial charge in [-0.1, -0.05) is 29.3 Å². The highest BCUT2D eigenvalue weighted by Gasteiger charge is 2.30. The fourth-order valence-electron chi connectivity index (χ4n) is 3.84. The first kappa shape index (κ1) is 27.0. The first-order valence-corrected chi connectivity index (χ1v) is 13.1. The molecule has 0 saturated carbocycles. The summed E-state index contributed by atoms with van der Waals surface area (Å²) in [7, 11) is 1.30. The number of piperidine rings is 1. The molecule has 1 unspecified atom stereocenters. The maximum absolute atomic E-state index is 12.9. The number of ether oxygens (including phenoxy) is 1. The number of aromatic nitrogens is 1. The molecule has 1 fully saturated rings. The molecule has 0 aliphatic carbocycles. The largest absolute Gasteiger partial charge is 0.467 e. The molecule has 186 valence electrons. The number of likely N-dealkylation sites (tertiary alicyclic amines) is 1. The minimum absolute atomic E-state index is 0.157. The lowest BCUT2D eigenvalue weighted by molar-refractivity contribution is -0.145. The summed E-state index contributed by atoms with van der Waals surface area (Å²) in [5.74, 6) is -1.17. The van der Waals surface area contributed by atoms with Gasteiger partial charge in [-0.3, -0.25) is 14.6 Å². The van der Waals surface area contributed by atoms with Crippen molar-refractivity contribution in [3.8, 4) is 0 Å². The van der Waals surface area contributed by atoms with Crippen molar-refractivity contribution in [2.45, 2.75) is 30.2 Å². The van der Waals surface area contributed by atoms with Gasteiger partial charge in [0.25, 0.3) is 0 Å². The average molecular weight is 536 g/mol. The van der Waals surface area contributed by atoms with E-state index in [1.54, 1.807) is 35.5 Å². The van der Waals surface area contributed by atoms with Gasteiger partial charge >= 0.3 is 5.97 Å². The molecule has 1 saturated heterocycles. The van der Waals surface area contributed by atoms with E-state index in [0.29, 0.717) is 48.0 Å². The number of halogens is 2. The summed E-state index contributed by atoms with van der Waals surface area (Å²) in [4.78, 5) is 44.3. The number of methoxy groups -OCH3 is 1. The first-order valence-electron chi connectivity index (χ1n) is 11.1. The van der Waals surface area contributed by atoms with E-state index in [0.717, 1.165) is 10.5 Å². The van der Waals surface area contributed by atoms with Gasteiger partial charge in [-0.2, -0.15) is 0 Å². The molecular weight excluding hydrogens is 509 g/mol. The van der Waals surface area contributed by atoms with Crippen LogP contribution in [-0.4, -0.2) is 60.2 Å². The van der Waals surface area contributed by atoms with E-state index < -0.39 is 12.0 Å². The third kappa shape index (κ3) is 7.22. The van der Waals surface area contributed by atoms with Gasteiger partial charge in [-0.05, 0) is 54.5 Å². The Morgan fingerprint density at radius 1 is 1.17 bits per heavy atom. The average Bonchev–Trinajstić information content (AvgIpc) is 2.89. The van der Waals surface area contributed by atoms with E-state index in [2.05, 4.69) is 10.3 Å². The summed E-state index contributed by atoms with van der Waals surface area (Å²) >= 11 is 14.1. The maximum Gasteiger partial charge on any atom is 0.328 e. The van der Waals surface area contributed by atoms with Crippen LogP contribution in [0.1, 0.15) is 24.0 Å². The molecule has 7 nitrogen and oxygen atoms in total. The van der Waals surface area contributed by atoms with Crippen LogP contribution in [0.4, 0.5) is 0 Å². The molecule has 2 aromatic rings.